The van der Waals surface area contributed by atoms with Crippen LogP contribution in [0, 0.1) is 11.3 Å². The highest BCUT2D eigenvalue weighted by Crippen LogP contribution is 2.20. The molecular formula is C15H18N4. The van der Waals surface area contributed by atoms with E-state index in [2.05, 4.69) is 52.2 Å². The van der Waals surface area contributed by atoms with Crippen molar-refractivity contribution in [2.75, 3.05) is 6.54 Å². The highest BCUT2D eigenvalue weighted by atomic mass is 15.6. The van der Waals surface area contributed by atoms with Crippen molar-refractivity contribution in [3.63, 3.8) is 0 Å². The number of aryl methyl sites for hydroxylation is 1. The number of benzene rings is 1. The van der Waals surface area contributed by atoms with Gasteiger partial charge in [0, 0.05) is 18.8 Å². The van der Waals surface area contributed by atoms with Gasteiger partial charge >= 0.3 is 0 Å². The lowest BCUT2D eigenvalue weighted by Crippen LogP contribution is -2.56. The third-order valence-corrected chi connectivity index (χ3v) is 3.86. The second-order valence-electron chi connectivity index (χ2n) is 5.11. The molecule has 2 aliphatic heterocycles. The molecule has 0 saturated carbocycles. The summed E-state index contributed by atoms with van der Waals surface area (Å²) in [4.78, 5) is 0. The third kappa shape index (κ3) is 2.62. The van der Waals surface area contributed by atoms with Gasteiger partial charge in [0.2, 0.25) is 0 Å². The quantitative estimate of drug-likeness (QED) is 0.859. The molecule has 0 aliphatic carbocycles. The van der Waals surface area contributed by atoms with Crippen molar-refractivity contribution in [1.82, 2.24) is 15.8 Å². The molecule has 0 amide bonds. The first kappa shape index (κ1) is 12.2. The number of rotatable bonds is 3. The Balaban J connectivity index is 1.56. The van der Waals surface area contributed by atoms with Crippen LogP contribution >= 0.6 is 0 Å². The van der Waals surface area contributed by atoms with Crippen molar-refractivity contribution in [1.29, 1.82) is 5.26 Å². The normalized spacial score (nSPS) is 26.2. The Bertz CT molecular complexity index is 503. The van der Waals surface area contributed by atoms with Gasteiger partial charge in [-0.05, 0) is 24.8 Å². The summed E-state index contributed by atoms with van der Waals surface area (Å²) in [5.74, 6) is 0. The highest BCUT2D eigenvalue weighted by Gasteiger charge is 2.33. The molecule has 3 rings (SSSR count). The van der Waals surface area contributed by atoms with Crippen LogP contribution < -0.4 is 10.7 Å². The monoisotopic (exact) mass is 254 g/mol. The largest absolute Gasteiger partial charge is 0.323 e. The lowest BCUT2D eigenvalue weighted by Gasteiger charge is -2.36. The van der Waals surface area contributed by atoms with Crippen LogP contribution in [-0.4, -0.2) is 23.8 Å². The Hall–Kier alpha value is -1.83. The van der Waals surface area contributed by atoms with Crippen LogP contribution in [0.25, 0.3) is 0 Å². The number of hydrogen-bond donors (Lipinski definition) is 2. The molecule has 4 nitrogen and oxygen atoms in total. The van der Waals surface area contributed by atoms with Crippen molar-refractivity contribution in [2.45, 2.75) is 31.5 Å². The van der Waals surface area contributed by atoms with Crippen molar-refractivity contribution in [3.05, 3.63) is 47.7 Å². The maximum absolute atomic E-state index is 9.07. The van der Waals surface area contributed by atoms with Crippen LogP contribution in [0.3, 0.4) is 0 Å². The number of nitriles is 1. The SMILES string of the molecule is N#CC1=CNN2CCC(CCc3ccccc3)NC12. The lowest BCUT2D eigenvalue weighted by molar-refractivity contribution is 0.109. The van der Waals surface area contributed by atoms with Gasteiger partial charge in [-0.25, -0.2) is 5.01 Å². The lowest BCUT2D eigenvalue weighted by atomic mass is 10.00. The van der Waals surface area contributed by atoms with Gasteiger partial charge in [0.25, 0.3) is 0 Å². The van der Waals surface area contributed by atoms with Gasteiger partial charge in [-0.1, -0.05) is 30.3 Å². The first-order chi connectivity index (χ1) is 9.36. The Kier molecular flexibility index (Phi) is 3.49. The number of fused-ring (bicyclic) bond motifs is 1. The first-order valence-electron chi connectivity index (χ1n) is 6.80. The molecule has 0 radical (unpaired) electrons. The molecule has 19 heavy (non-hydrogen) atoms. The van der Waals surface area contributed by atoms with Gasteiger partial charge in [-0.15, -0.1) is 0 Å². The van der Waals surface area contributed by atoms with Gasteiger partial charge in [0.1, 0.15) is 6.17 Å². The fraction of sp³-hybridized carbons (Fsp3) is 0.400. The fourth-order valence-electron chi connectivity index (χ4n) is 2.76. The molecule has 0 bridgehead atoms. The number of nitrogens with zero attached hydrogens (tertiary/aromatic N) is 2. The standard InChI is InChI=1S/C15H18N4/c16-10-13-11-17-19-9-8-14(18-15(13)19)7-6-12-4-2-1-3-5-12/h1-5,11,14-15,17-18H,6-9H2. The van der Waals surface area contributed by atoms with E-state index in [-0.39, 0.29) is 6.17 Å². The molecule has 1 saturated heterocycles. The molecule has 0 aromatic heterocycles. The molecule has 2 N–H and O–H groups in total. The van der Waals surface area contributed by atoms with Crippen molar-refractivity contribution in [3.8, 4) is 6.07 Å². The average Bonchev–Trinajstić information content (AvgIpc) is 2.88. The third-order valence-electron chi connectivity index (χ3n) is 3.86. The summed E-state index contributed by atoms with van der Waals surface area (Å²) in [5, 5.41) is 14.7. The van der Waals surface area contributed by atoms with E-state index in [9.17, 15) is 0 Å². The van der Waals surface area contributed by atoms with Crippen LogP contribution in [0.5, 0.6) is 0 Å². The fourth-order valence-corrected chi connectivity index (χ4v) is 2.76. The van der Waals surface area contributed by atoms with Crippen LogP contribution in [-0.2, 0) is 6.42 Å². The zero-order valence-electron chi connectivity index (χ0n) is 10.8. The molecule has 2 heterocycles. The van der Waals surface area contributed by atoms with Crippen LogP contribution in [0.1, 0.15) is 18.4 Å². The second-order valence-corrected chi connectivity index (χ2v) is 5.11. The summed E-state index contributed by atoms with van der Waals surface area (Å²) in [5.41, 5.74) is 5.30. The van der Waals surface area contributed by atoms with Gasteiger partial charge in [-0.3, -0.25) is 5.32 Å². The summed E-state index contributed by atoms with van der Waals surface area (Å²) >= 11 is 0. The summed E-state index contributed by atoms with van der Waals surface area (Å²) in [6.45, 7) is 0.985. The van der Waals surface area contributed by atoms with Crippen LogP contribution in [0.15, 0.2) is 42.1 Å². The molecule has 1 fully saturated rings. The predicted octanol–water partition coefficient (Wildman–Crippen LogP) is 1.53. The minimum Gasteiger partial charge on any atom is -0.323 e. The number of hydrogen-bond acceptors (Lipinski definition) is 4. The summed E-state index contributed by atoms with van der Waals surface area (Å²) in [6, 6.07) is 13.3. The summed E-state index contributed by atoms with van der Waals surface area (Å²) < 4.78 is 0. The molecule has 4 heteroatoms. The van der Waals surface area contributed by atoms with Gasteiger partial charge in [-0.2, -0.15) is 5.26 Å². The Morgan fingerprint density at radius 3 is 2.95 bits per heavy atom. The van der Waals surface area contributed by atoms with E-state index in [0.29, 0.717) is 6.04 Å². The maximum Gasteiger partial charge on any atom is 0.115 e. The van der Waals surface area contributed by atoms with E-state index in [0.717, 1.165) is 31.4 Å². The first-order valence-corrected chi connectivity index (χ1v) is 6.80. The molecular weight excluding hydrogens is 236 g/mol. The average molecular weight is 254 g/mol. The van der Waals surface area contributed by atoms with Crippen molar-refractivity contribution < 1.29 is 0 Å². The second kappa shape index (κ2) is 5.43. The Morgan fingerprint density at radius 1 is 1.32 bits per heavy atom. The molecule has 2 aliphatic rings. The highest BCUT2D eigenvalue weighted by molar-refractivity contribution is 5.29. The molecule has 2 atom stereocenters. The number of nitrogens with one attached hydrogen (secondary N) is 2. The molecule has 1 aromatic carbocycles. The molecule has 98 valence electrons. The predicted molar refractivity (Wildman–Crippen MR) is 73.6 cm³/mol. The Labute approximate surface area is 113 Å². The van der Waals surface area contributed by atoms with E-state index in [1.54, 1.807) is 6.20 Å². The van der Waals surface area contributed by atoms with Crippen molar-refractivity contribution in [2.24, 2.45) is 0 Å². The zero-order valence-corrected chi connectivity index (χ0v) is 10.8. The van der Waals surface area contributed by atoms with Crippen molar-refractivity contribution >= 4 is 0 Å². The number of hydrazine groups is 1. The minimum absolute atomic E-state index is 0.0551. The van der Waals surface area contributed by atoms with Gasteiger partial charge in [0.05, 0.1) is 11.6 Å². The zero-order chi connectivity index (χ0) is 13.1. The molecule has 0 spiro atoms. The van der Waals surface area contributed by atoms with E-state index >= 15 is 0 Å². The maximum atomic E-state index is 9.07. The Morgan fingerprint density at radius 2 is 2.16 bits per heavy atom. The summed E-state index contributed by atoms with van der Waals surface area (Å²) in [7, 11) is 0. The van der Waals surface area contributed by atoms with Crippen LogP contribution in [0.4, 0.5) is 0 Å². The topological polar surface area (TPSA) is 51.1 Å². The van der Waals surface area contributed by atoms with E-state index in [4.69, 9.17) is 5.26 Å². The van der Waals surface area contributed by atoms with Gasteiger partial charge < -0.3 is 5.43 Å². The summed E-state index contributed by atoms with van der Waals surface area (Å²) in [6.07, 6.45) is 5.18. The van der Waals surface area contributed by atoms with E-state index < -0.39 is 0 Å². The smallest absolute Gasteiger partial charge is 0.115 e. The van der Waals surface area contributed by atoms with Gasteiger partial charge in [0.15, 0.2) is 0 Å². The minimum atomic E-state index is 0.0551. The van der Waals surface area contributed by atoms with E-state index in [1.807, 2.05) is 0 Å². The van der Waals surface area contributed by atoms with Crippen LogP contribution in [0.2, 0.25) is 0 Å². The molecule has 2 unspecified atom stereocenters. The van der Waals surface area contributed by atoms with E-state index in [1.165, 1.54) is 5.56 Å². The molecule has 1 aromatic rings.